The molecule has 20 heavy (non-hydrogen) atoms. The van der Waals surface area contributed by atoms with Crippen LogP contribution < -0.4 is 5.32 Å². The molecule has 0 bridgehead atoms. The maximum absolute atomic E-state index is 6.44. The molecule has 1 N–H and O–H groups in total. The molecule has 1 heterocycles. The predicted octanol–water partition coefficient (Wildman–Crippen LogP) is 3.42. The van der Waals surface area contributed by atoms with Gasteiger partial charge in [0.25, 0.3) is 0 Å². The summed E-state index contributed by atoms with van der Waals surface area (Å²) in [4.78, 5) is 0. The Kier molecular flexibility index (Phi) is 5.00. The van der Waals surface area contributed by atoms with Crippen LogP contribution in [-0.4, -0.2) is 37.0 Å². The number of ether oxygens (including phenoxy) is 2. The van der Waals surface area contributed by atoms with Gasteiger partial charge in [0.05, 0.1) is 17.8 Å². The average molecular weight is 281 g/mol. The Morgan fingerprint density at radius 1 is 1.05 bits per heavy atom. The molecule has 0 radical (unpaired) electrons. The van der Waals surface area contributed by atoms with E-state index in [1.54, 1.807) is 0 Å². The van der Waals surface area contributed by atoms with Crippen molar-refractivity contribution in [2.24, 2.45) is 0 Å². The molecule has 0 amide bonds. The van der Waals surface area contributed by atoms with Crippen LogP contribution in [0.3, 0.4) is 0 Å². The van der Waals surface area contributed by atoms with Crippen molar-refractivity contribution in [1.29, 1.82) is 0 Å². The molecule has 1 unspecified atom stereocenters. The predicted molar refractivity (Wildman–Crippen MR) is 81.0 cm³/mol. The number of rotatable bonds is 4. The lowest BCUT2D eigenvalue weighted by Gasteiger charge is -2.40. The molecule has 1 saturated heterocycles. The SMILES string of the molecule is CCNC1CCC(OC2CCOC3(CCCC3)C2)CC1. The van der Waals surface area contributed by atoms with Crippen molar-refractivity contribution in [1.82, 2.24) is 5.32 Å². The fourth-order valence-electron chi connectivity index (χ4n) is 4.43. The topological polar surface area (TPSA) is 30.5 Å². The quantitative estimate of drug-likeness (QED) is 0.856. The molecule has 3 heteroatoms. The molecule has 0 aromatic carbocycles. The third kappa shape index (κ3) is 3.55. The van der Waals surface area contributed by atoms with E-state index < -0.39 is 0 Å². The van der Waals surface area contributed by atoms with Crippen molar-refractivity contribution in [2.45, 2.75) is 95.0 Å². The second-order valence-corrected chi connectivity index (χ2v) is 7.02. The summed E-state index contributed by atoms with van der Waals surface area (Å²) in [6.07, 6.45) is 13.5. The molecule has 116 valence electrons. The Morgan fingerprint density at radius 2 is 1.80 bits per heavy atom. The first-order valence-electron chi connectivity index (χ1n) is 8.82. The van der Waals surface area contributed by atoms with Gasteiger partial charge in [0, 0.05) is 19.1 Å². The van der Waals surface area contributed by atoms with Crippen LogP contribution in [0, 0.1) is 0 Å². The van der Waals surface area contributed by atoms with Gasteiger partial charge in [-0.1, -0.05) is 19.8 Å². The highest BCUT2D eigenvalue weighted by Gasteiger charge is 2.41. The molecule has 2 saturated carbocycles. The smallest absolute Gasteiger partial charge is 0.0707 e. The van der Waals surface area contributed by atoms with Crippen LogP contribution in [-0.2, 0) is 9.47 Å². The van der Waals surface area contributed by atoms with Crippen LogP contribution in [0.1, 0.15) is 71.1 Å². The third-order valence-electron chi connectivity index (χ3n) is 5.51. The van der Waals surface area contributed by atoms with Gasteiger partial charge >= 0.3 is 0 Å². The highest BCUT2D eigenvalue weighted by atomic mass is 16.5. The molecule has 0 aromatic rings. The first kappa shape index (κ1) is 14.8. The van der Waals surface area contributed by atoms with Gasteiger partial charge in [-0.25, -0.2) is 0 Å². The Morgan fingerprint density at radius 3 is 2.50 bits per heavy atom. The van der Waals surface area contributed by atoms with E-state index in [-0.39, 0.29) is 5.60 Å². The molecule has 1 spiro atoms. The molecule has 3 aliphatic rings. The monoisotopic (exact) mass is 281 g/mol. The van der Waals surface area contributed by atoms with Crippen molar-refractivity contribution >= 4 is 0 Å². The molecule has 3 nitrogen and oxygen atoms in total. The second-order valence-electron chi connectivity index (χ2n) is 7.02. The van der Waals surface area contributed by atoms with Crippen LogP contribution in [0.4, 0.5) is 0 Å². The minimum Gasteiger partial charge on any atom is -0.375 e. The van der Waals surface area contributed by atoms with Crippen molar-refractivity contribution < 1.29 is 9.47 Å². The van der Waals surface area contributed by atoms with E-state index in [9.17, 15) is 0 Å². The first-order chi connectivity index (χ1) is 9.80. The van der Waals surface area contributed by atoms with Crippen LogP contribution in [0.2, 0.25) is 0 Å². The molecule has 3 fully saturated rings. The fraction of sp³-hybridized carbons (Fsp3) is 1.00. The van der Waals surface area contributed by atoms with Crippen molar-refractivity contribution in [2.75, 3.05) is 13.2 Å². The van der Waals surface area contributed by atoms with Crippen LogP contribution in [0.25, 0.3) is 0 Å². The Hall–Kier alpha value is -0.120. The Balaban J connectivity index is 1.44. The zero-order valence-corrected chi connectivity index (χ0v) is 13.0. The Labute approximate surface area is 123 Å². The fourth-order valence-corrected chi connectivity index (χ4v) is 4.43. The van der Waals surface area contributed by atoms with Gasteiger partial charge < -0.3 is 14.8 Å². The van der Waals surface area contributed by atoms with Crippen LogP contribution in [0.5, 0.6) is 0 Å². The zero-order chi connectivity index (χ0) is 13.8. The molecule has 1 aliphatic heterocycles. The summed E-state index contributed by atoms with van der Waals surface area (Å²) in [6.45, 7) is 4.21. The largest absolute Gasteiger partial charge is 0.375 e. The van der Waals surface area contributed by atoms with Crippen molar-refractivity contribution in [3.8, 4) is 0 Å². The summed E-state index contributed by atoms with van der Waals surface area (Å²) < 4.78 is 12.5. The summed E-state index contributed by atoms with van der Waals surface area (Å²) in [6, 6.07) is 0.732. The molecular weight excluding hydrogens is 250 g/mol. The Bertz CT molecular complexity index is 293. The molecular formula is C17H31NO2. The summed E-state index contributed by atoms with van der Waals surface area (Å²) in [5.41, 5.74) is 0.198. The summed E-state index contributed by atoms with van der Waals surface area (Å²) >= 11 is 0. The standard InChI is InChI=1S/C17H31NO2/c1-2-18-14-5-7-15(8-6-14)20-16-9-12-19-17(13-16)10-3-4-11-17/h14-16,18H,2-13H2,1H3. The number of nitrogens with one attached hydrogen (secondary N) is 1. The second kappa shape index (κ2) is 6.76. The van der Waals surface area contributed by atoms with E-state index in [2.05, 4.69) is 12.2 Å². The lowest BCUT2D eigenvalue weighted by molar-refractivity contribution is -0.149. The molecule has 3 rings (SSSR count). The first-order valence-corrected chi connectivity index (χ1v) is 8.82. The van der Waals surface area contributed by atoms with Crippen LogP contribution in [0.15, 0.2) is 0 Å². The van der Waals surface area contributed by atoms with Crippen molar-refractivity contribution in [3.05, 3.63) is 0 Å². The number of hydrogen-bond acceptors (Lipinski definition) is 3. The van der Waals surface area contributed by atoms with Gasteiger partial charge in [0.1, 0.15) is 0 Å². The van der Waals surface area contributed by atoms with Gasteiger partial charge in [0.15, 0.2) is 0 Å². The van der Waals surface area contributed by atoms with Gasteiger partial charge in [0.2, 0.25) is 0 Å². The lowest BCUT2D eigenvalue weighted by atomic mass is 9.89. The third-order valence-corrected chi connectivity index (χ3v) is 5.51. The molecule has 0 aromatic heterocycles. The summed E-state index contributed by atoms with van der Waals surface area (Å²) in [5.74, 6) is 0. The van der Waals surface area contributed by atoms with E-state index in [4.69, 9.17) is 9.47 Å². The van der Waals surface area contributed by atoms with E-state index in [1.165, 1.54) is 51.4 Å². The number of hydrogen-bond donors (Lipinski definition) is 1. The maximum Gasteiger partial charge on any atom is 0.0707 e. The molecule has 2 aliphatic carbocycles. The molecule has 1 atom stereocenters. The minimum absolute atomic E-state index is 0.198. The lowest BCUT2D eigenvalue weighted by Crippen LogP contribution is -2.43. The van der Waals surface area contributed by atoms with E-state index in [1.807, 2.05) is 0 Å². The van der Waals surface area contributed by atoms with Gasteiger partial charge in [-0.05, 0) is 51.5 Å². The van der Waals surface area contributed by atoms with E-state index in [0.29, 0.717) is 12.2 Å². The zero-order valence-electron chi connectivity index (χ0n) is 13.0. The van der Waals surface area contributed by atoms with Gasteiger partial charge in [-0.15, -0.1) is 0 Å². The maximum atomic E-state index is 6.44. The normalized spacial score (nSPS) is 37.4. The van der Waals surface area contributed by atoms with E-state index >= 15 is 0 Å². The average Bonchev–Trinajstić information content (AvgIpc) is 2.89. The summed E-state index contributed by atoms with van der Waals surface area (Å²) in [7, 11) is 0. The highest BCUT2D eigenvalue weighted by Crippen LogP contribution is 2.41. The van der Waals surface area contributed by atoms with Crippen LogP contribution >= 0.6 is 0 Å². The van der Waals surface area contributed by atoms with Crippen molar-refractivity contribution in [3.63, 3.8) is 0 Å². The summed E-state index contributed by atoms with van der Waals surface area (Å²) in [5, 5.41) is 3.57. The minimum atomic E-state index is 0.198. The van der Waals surface area contributed by atoms with Gasteiger partial charge in [-0.3, -0.25) is 0 Å². The highest BCUT2D eigenvalue weighted by molar-refractivity contribution is 4.92. The van der Waals surface area contributed by atoms with E-state index in [0.717, 1.165) is 32.0 Å². The van der Waals surface area contributed by atoms with Gasteiger partial charge in [-0.2, -0.15) is 0 Å².